The zero-order valence-corrected chi connectivity index (χ0v) is 47.2. The van der Waals surface area contributed by atoms with E-state index in [1.165, 1.54) is 14.0 Å². The van der Waals surface area contributed by atoms with Crippen LogP contribution in [-0.4, -0.2) is 216 Å². The fourth-order valence-electron chi connectivity index (χ4n) is 15.4. The first-order valence-electron chi connectivity index (χ1n) is 28.3. The molecule has 4 aliphatic carbocycles. The van der Waals surface area contributed by atoms with Gasteiger partial charge in [-0.2, -0.15) is 0 Å². The van der Waals surface area contributed by atoms with Crippen molar-refractivity contribution in [3.05, 3.63) is 0 Å². The third-order valence-corrected chi connectivity index (χ3v) is 20.3. The summed E-state index contributed by atoms with van der Waals surface area (Å²) in [4.78, 5) is 25.9. The van der Waals surface area contributed by atoms with E-state index in [-0.39, 0.29) is 48.0 Å². The first-order valence-corrected chi connectivity index (χ1v) is 28.3. The molecule has 29 atom stereocenters. The number of hydrogen-bond donors (Lipinski definition) is 7. The third-order valence-electron chi connectivity index (χ3n) is 20.3. The van der Waals surface area contributed by atoms with E-state index in [0.29, 0.717) is 25.7 Å². The molecule has 77 heavy (non-hydrogen) atoms. The van der Waals surface area contributed by atoms with Crippen LogP contribution in [-0.2, 0) is 71.2 Å². The van der Waals surface area contributed by atoms with Gasteiger partial charge in [0.2, 0.25) is 0 Å². The maximum absolute atomic E-state index is 13.1. The van der Waals surface area contributed by atoms with Gasteiger partial charge in [0.1, 0.15) is 72.7 Å². The van der Waals surface area contributed by atoms with E-state index < -0.39 is 158 Å². The molecule has 0 aromatic rings. The Hall–Kier alpha value is -1.78. The monoisotopic (exact) mass is 1100 g/mol. The molecule has 4 aliphatic heterocycles. The lowest BCUT2D eigenvalue weighted by Gasteiger charge is -2.66. The number of carbonyl (C=O) groups excluding carboxylic acids is 2. The van der Waals surface area contributed by atoms with Crippen LogP contribution in [0.15, 0.2) is 0 Å². The predicted molar refractivity (Wildman–Crippen MR) is 268 cm³/mol. The smallest absolute Gasteiger partial charge is 0.309 e. The molecule has 444 valence electrons. The van der Waals surface area contributed by atoms with Gasteiger partial charge in [-0.05, 0) is 109 Å². The number of carbonyl (C=O) groups is 2. The number of aliphatic hydroxyl groups excluding tert-OH is 5. The van der Waals surface area contributed by atoms with Crippen molar-refractivity contribution in [3.8, 4) is 0 Å². The molecule has 0 spiro atoms. The van der Waals surface area contributed by atoms with Crippen LogP contribution >= 0.6 is 0 Å². The molecule has 0 aromatic carbocycles. The summed E-state index contributed by atoms with van der Waals surface area (Å²) in [6.45, 7) is 15.6. The van der Waals surface area contributed by atoms with Crippen molar-refractivity contribution < 1.29 is 107 Å². The van der Waals surface area contributed by atoms with Crippen molar-refractivity contribution in [1.29, 1.82) is 0 Å². The standard InChI is InChI=1S/C55H92O22/c1-13-25(2)49(62)71-29(6)54(63)18-19-55(64)33-15-14-31-20-32(16-17-52(31,8)34(33)21-38(53(54,55)9)72-30(7)57)73-39-22-35(65-10)45(26(3)68-39)75-40-23-36(66-11)46(27(4)69-40)76-51-44(61)48(67-12)47(28(5)70-51)77-50-43(60)42(59)41(58)37(24-56)74-50/h25-29,31-48,50-51,56,58-61,63-64H,13-24H2,1-12H3. The Bertz CT molecular complexity index is 1980. The fourth-order valence-corrected chi connectivity index (χ4v) is 15.4. The molecule has 22 heteroatoms. The highest BCUT2D eigenvalue weighted by atomic mass is 16.8. The van der Waals surface area contributed by atoms with Gasteiger partial charge in [-0.15, -0.1) is 0 Å². The van der Waals surface area contributed by atoms with Gasteiger partial charge in [0.25, 0.3) is 0 Å². The molecular weight excluding hydrogens is 1010 g/mol. The number of esters is 2. The van der Waals surface area contributed by atoms with E-state index in [9.17, 15) is 45.3 Å². The highest BCUT2D eigenvalue weighted by molar-refractivity contribution is 5.72. The highest BCUT2D eigenvalue weighted by Gasteiger charge is 2.77. The SMILES string of the molecule is CCC(C)C(=O)OC(C)C1(O)CCC2(O)C3CCC4CC(OC5CC(OC)C(OC6CC(OC)C(OC7OC(C)C(OC8OC(CO)C(O)C(O)C8O)C(OC)C7O)C(C)O6)C(C)O5)CCC4(C)C3CC(OC(C)=O)C12C. The van der Waals surface area contributed by atoms with Crippen molar-refractivity contribution >= 4 is 11.9 Å². The molecule has 8 aliphatic rings. The molecule has 0 radical (unpaired) electrons. The molecule has 8 rings (SSSR count). The summed E-state index contributed by atoms with van der Waals surface area (Å²) in [5.74, 6) is -1.16. The van der Waals surface area contributed by atoms with Crippen molar-refractivity contribution in [2.24, 2.45) is 34.5 Å². The summed E-state index contributed by atoms with van der Waals surface area (Å²) >= 11 is 0. The highest BCUT2D eigenvalue weighted by Crippen LogP contribution is 2.71. The lowest BCUT2D eigenvalue weighted by atomic mass is 9.42. The van der Waals surface area contributed by atoms with Crippen molar-refractivity contribution in [3.63, 3.8) is 0 Å². The Labute approximate surface area is 453 Å². The average molecular weight is 1110 g/mol. The Balaban J connectivity index is 0.859. The molecule has 7 N–H and O–H groups in total. The largest absolute Gasteiger partial charge is 0.462 e. The minimum atomic E-state index is -1.67. The molecular formula is C55H92O22. The van der Waals surface area contributed by atoms with Crippen molar-refractivity contribution in [2.75, 3.05) is 27.9 Å². The molecule has 4 heterocycles. The van der Waals surface area contributed by atoms with Crippen LogP contribution in [0.3, 0.4) is 0 Å². The third kappa shape index (κ3) is 11.2. The van der Waals surface area contributed by atoms with Gasteiger partial charge in [0.05, 0.1) is 60.2 Å². The zero-order valence-electron chi connectivity index (χ0n) is 47.2. The Morgan fingerprint density at radius 2 is 1.25 bits per heavy atom. The van der Waals surface area contributed by atoms with Crippen LogP contribution < -0.4 is 0 Å². The summed E-state index contributed by atoms with van der Waals surface area (Å²) in [7, 11) is 4.55. The van der Waals surface area contributed by atoms with Gasteiger partial charge in [-0.3, -0.25) is 9.59 Å². The van der Waals surface area contributed by atoms with Gasteiger partial charge in [0.15, 0.2) is 25.2 Å². The van der Waals surface area contributed by atoms with E-state index in [1.54, 1.807) is 41.9 Å². The van der Waals surface area contributed by atoms with Gasteiger partial charge in [-0.1, -0.05) is 27.7 Å². The molecule has 4 saturated heterocycles. The van der Waals surface area contributed by atoms with Gasteiger partial charge < -0.3 is 97.3 Å². The van der Waals surface area contributed by atoms with E-state index in [1.807, 2.05) is 20.8 Å². The quantitative estimate of drug-likeness (QED) is 0.0811. The van der Waals surface area contributed by atoms with E-state index in [2.05, 4.69) is 6.92 Å². The minimum absolute atomic E-state index is 0.00134. The number of methoxy groups -OCH3 is 3. The summed E-state index contributed by atoms with van der Waals surface area (Å²) in [6.07, 6.45) is -13.5. The Morgan fingerprint density at radius 1 is 0.649 bits per heavy atom. The molecule has 29 unspecified atom stereocenters. The minimum Gasteiger partial charge on any atom is -0.462 e. The lowest BCUT2D eigenvalue weighted by molar-refractivity contribution is -0.373. The van der Waals surface area contributed by atoms with Crippen LogP contribution in [0.1, 0.15) is 133 Å². The predicted octanol–water partition coefficient (Wildman–Crippen LogP) is 2.16. The normalized spacial score (nSPS) is 50.9. The number of fused-ring (bicyclic) bond motifs is 5. The number of rotatable bonds is 17. The van der Waals surface area contributed by atoms with Crippen LogP contribution in [0.5, 0.6) is 0 Å². The average Bonchev–Trinajstić information content (AvgIpc) is 3.92. The molecule has 0 amide bonds. The van der Waals surface area contributed by atoms with Gasteiger partial charge in [0, 0.05) is 41.1 Å². The van der Waals surface area contributed by atoms with Gasteiger partial charge in [-0.25, -0.2) is 0 Å². The maximum atomic E-state index is 13.1. The summed E-state index contributed by atoms with van der Waals surface area (Å²) in [6, 6.07) is 0. The number of hydrogen-bond acceptors (Lipinski definition) is 22. The summed E-state index contributed by atoms with van der Waals surface area (Å²) in [5.41, 5.74) is -4.51. The number of ether oxygens (including phenoxy) is 13. The van der Waals surface area contributed by atoms with Crippen molar-refractivity contribution in [2.45, 2.75) is 273 Å². The zero-order chi connectivity index (χ0) is 56.3. The second-order valence-electron chi connectivity index (χ2n) is 24.3. The van der Waals surface area contributed by atoms with Gasteiger partial charge >= 0.3 is 11.9 Å². The lowest BCUT2D eigenvalue weighted by Crippen LogP contribution is -2.72. The Morgan fingerprint density at radius 3 is 1.84 bits per heavy atom. The molecule has 8 fully saturated rings. The second kappa shape index (κ2) is 24.2. The fraction of sp³-hybridized carbons (Fsp3) is 0.964. The molecule has 0 bridgehead atoms. The first-order chi connectivity index (χ1) is 36.3. The topological polar surface area (TPSA) is 296 Å². The first kappa shape index (κ1) is 61.3. The Kier molecular flexibility index (Phi) is 19.3. The van der Waals surface area contributed by atoms with Crippen LogP contribution in [0.25, 0.3) is 0 Å². The molecule has 0 aromatic heterocycles. The van der Waals surface area contributed by atoms with Crippen molar-refractivity contribution in [1.82, 2.24) is 0 Å². The second-order valence-corrected chi connectivity index (χ2v) is 24.3. The molecule has 4 saturated carbocycles. The maximum Gasteiger partial charge on any atom is 0.309 e. The van der Waals surface area contributed by atoms with Crippen LogP contribution in [0.4, 0.5) is 0 Å². The van der Waals surface area contributed by atoms with E-state index in [4.69, 9.17) is 61.6 Å². The van der Waals surface area contributed by atoms with E-state index >= 15 is 0 Å². The van der Waals surface area contributed by atoms with Crippen LogP contribution in [0, 0.1) is 34.5 Å². The summed E-state index contributed by atoms with van der Waals surface area (Å²) < 4.78 is 80.2. The van der Waals surface area contributed by atoms with E-state index in [0.717, 1.165) is 32.1 Å². The summed E-state index contributed by atoms with van der Waals surface area (Å²) in [5, 5.41) is 78.1. The number of aliphatic hydroxyl groups is 7. The molecule has 22 nitrogen and oxygen atoms in total. The van der Waals surface area contributed by atoms with Crippen LogP contribution in [0.2, 0.25) is 0 Å².